The average Bonchev–Trinajstić information content (AvgIpc) is 3.14. The minimum atomic E-state index is -3.92. The zero-order valence-corrected chi connectivity index (χ0v) is 21.4. The molecular formula is C25H24ClFN2O4S2. The molecule has 184 valence electrons. The van der Waals surface area contributed by atoms with E-state index in [1.54, 1.807) is 18.2 Å². The summed E-state index contributed by atoms with van der Waals surface area (Å²) in [6.45, 7) is 1.42. The zero-order chi connectivity index (χ0) is 25.0. The quantitative estimate of drug-likeness (QED) is 0.488. The smallest absolute Gasteiger partial charge is 0.264 e. The monoisotopic (exact) mass is 534 g/mol. The van der Waals surface area contributed by atoms with Crippen molar-refractivity contribution < 1.29 is 21.2 Å². The molecule has 2 aliphatic heterocycles. The van der Waals surface area contributed by atoms with Gasteiger partial charge in [-0.2, -0.15) is 0 Å². The number of anilines is 2. The van der Waals surface area contributed by atoms with E-state index in [2.05, 4.69) is 0 Å². The van der Waals surface area contributed by atoms with Gasteiger partial charge in [0.15, 0.2) is 9.84 Å². The van der Waals surface area contributed by atoms with Gasteiger partial charge in [-0.3, -0.25) is 4.31 Å². The molecule has 0 aromatic heterocycles. The van der Waals surface area contributed by atoms with E-state index in [-0.39, 0.29) is 22.2 Å². The van der Waals surface area contributed by atoms with Crippen LogP contribution in [0.3, 0.4) is 0 Å². The third-order valence-electron chi connectivity index (χ3n) is 7.00. The van der Waals surface area contributed by atoms with E-state index in [1.165, 1.54) is 34.6 Å². The predicted octanol–water partition coefficient (Wildman–Crippen LogP) is 4.63. The lowest BCUT2D eigenvalue weighted by atomic mass is 9.74. The molecule has 3 aromatic rings. The van der Waals surface area contributed by atoms with Crippen LogP contribution < -0.4 is 9.21 Å². The van der Waals surface area contributed by atoms with Gasteiger partial charge >= 0.3 is 0 Å². The molecular weight excluding hydrogens is 511 g/mol. The summed E-state index contributed by atoms with van der Waals surface area (Å²) in [5.41, 5.74) is 1.69. The first-order chi connectivity index (χ1) is 16.5. The Kier molecular flexibility index (Phi) is 5.85. The lowest BCUT2D eigenvalue weighted by Gasteiger charge is -2.41. The molecule has 0 aliphatic carbocycles. The first-order valence-electron chi connectivity index (χ1n) is 11.1. The van der Waals surface area contributed by atoms with Crippen molar-refractivity contribution in [2.75, 3.05) is 35.1 Å². The van der Waals surface area contributed by atoms with Crippen LogP contribution in [0.25, 0.3) is 0 Å². The van der Waals surface area contributed by atoms with Crippen LogP contribution in [0, 0.1) is 5.82 Å². The summed E-state index contributed by atoms with van der Waals surface area (Å²) in [5.74, 6) is -0.373. The molecule has 0 atom stereocenters. The van der Waals surface area contributed by atoms with Gasteiger partial charge < -0.3 is 4.90 Å². The van der Waals surface area contributed by atoms with E-state index >= 15 is 0 Å². The van der Waals surface area contributed by atoms with Gasteiger partial charge in [-0.05, 0) is 66.9 Å². The number of benzene rings is 3. The van der Waals surface area contributed by atoms with E-state index in [9.17, 15) is 21.2 Å². The van der Waals surface area contributed by atoms with Gasteiger partial charge in [-0.1, -0.05) is 29.8 Å². The van der Waals surface area contributed by atoms with E-state index in [0.29, 0.717) is 42.3 Å². The first-order valence-corrected chi connectivity index (χ1v) is 14.8. The first kappa shape index (κ1) is 24.1. The summed E-state index contributed by atoms with van der Waals surface area (Å²) in [6.07, 6.45) is 2.40. The van der Waals surface area contributed by atoms with Crippen molar-refractivity contribution in [3.63, 3.8) is 0 Å². The maximum absolute atomic E-state index is 14.5. The Balaban J connectivity index is 1.45. The second kappa shape index (κ2) is 8.50. The summed E-state index contributed by atoms with van der Waals surface area (Å²) in [7, 11) is -7.35. The number of halogens is 2. The molecule has 0 radical (unpaired) electrons. The van der Waals surface area contributed by atoms with Crippen LogP contribution >= 0.6 is 11.6 Å². The minimum absolute atomic E-state index is 0.0393. The Hall–Kier alpha value is -2.62. The number of piperidine rings is 1. The molecule has 3 aromatic carbocycles. The van der Waals surface area contributed by atoms with Gasteiger partial charge in [0.25, 0.3) is 10.0 Å². The molecule has 1 fully saturated rings. The van der Waals surface area contributed by atoms with E-state index in [1.807, 2.05) is 23.1 Å². The maximum atomic E-state index is 14.5. The molecule has 6 nitrogen and oxygen atoms in total. The number of sulfone groups is 1. The maximum Gasteiger partial charge on any atom is 0.264 e. The van der Waals surface area contributed by atoms with Crippen LogP contribution in [-0.4, -0.2) is 42.7 Å². The SMILES string of the molecule is CS(=O)(=O)c1ccc(S(=O)(=O)N2CC3(CCN(c4ccc(Cl)cc4F)CC3)c3ccccc32)cc1. The van der Waals surface area contributed by atoms with Crippen molar-refractivity contribution in [3.8, 4) is 0 Å². The van der Waals surface area contributed by atoms with E-state index in [4.69, 9.17) is 11.6 Å². The second-order valence-corrected chi connectivity index (χ2v) is 13.4. The van der Waals surface area contributed by atoms with Crippen molar-refractivity contribution in [1.82, 2.24) is 0 Å². The number of rotatable bonds is 4. The number of fused-ring (bicyclic) bond motifs is 2. The normalized spacial score (nSPS) is 17.6. The van der Waals surface area contributed by atoms with Crippen molar-refractivity contribution in [2.24, 2.45) is 0 Å². The molecule has 35 heavy (non-hydrogen) atoms. The van der Waals surface area contributed by atoms with Crippen LogP contribution in [0.1, 0.15) is 18.4 Å². The molecule has 0 bridgehead atoms. The zero-order valence-electron chi connectivity index (χ0n) is 19.0. The van der Waals surface area contributed by atoms with Gasteiger partial charge in [-0.15, -0.1) is 0 Å². The standard InChI is InChI=1S/C25H24ClFN2O4S2/c1-34(30,31)19-7-9-20(10-8-19)35(32,33)29-17-25(21-4-2-3-5-23(21)29)12-14-28(15-13-25)24-11-6-18(26)16-22(24)27/h2-11,16H,12-15,17H2,1H3. The van der Waals surface area contributed by atoms with Crippen LogP contribution in [0.2, 0.25) is 5.02 Å². The third-order valence-corrected chi connectivity index (χ3v) is 10.1. The van der Waals surface area contributed by atoms with Gasteiger partial charge in [0, 0.05) is 36.3 Å². The Morgan fingerprint density at radius 3 is 2.11 bits per heavy atom. The Bertz CT molecular complexity index is 1500. The summed E-state index contributed by atoms with van der Waals surface area (Å²) in [6, 6.07) is 17.4. The number of hydrogen-bond acceptors (Lipinski definition) is 5. The summed E-state index contributed by atoms with van der Waals surface area (Å²) < 4.78 is 66.8. The highest BCUT2D eigenvalue weighted by atomic mass is 35.5. The van der Waals surface area contributed by atoms with Crippen molar-refractivity contribution in [2.45, 2.75) is 28.0 Å². The van der Waals surface area contributed by atoms with Gasteiger partial charge in [-0.25, -0.2) is 21.2 Å². The van der Waals surface area contributed by atoms with Crippen LogP contribution in [-0.2, 0) is 25.3 Å². The molecule has 1 spiro atoms. The summed E-state index contributed by atoms with van der Waals surface area (Å²) >= 11 is 5.90. The lowest BCUT2D eigenvalue weighted by Crippen LogP contribution is -2.46. The largest absolute Gasteiger partial charge is 0.369 e. The molecule has 1 saturated heterocycles. The highest BCUT2D eigenvalue weighted by Gasteiger charge is 2.48. The van der Waals surface area contributed by atoms with Gasteiger partial charge in [0.1, 0.15) is 5.82 Å². The summed E-state index contributed by atoms with van der Waals surface area (Å²) in [4.78, 5) is 2.08. The van der Waals surface area contributed by atoms with Crippen LogP contribution in [0.15, 0.2) is 76.5 Å². The molecule has 0 unspecified atom stereocenters. The Labute approximate surface area is 209 Å². The van der Waals surface area contributed by atoms with E-state index in [0.717, 1.165) is 11.8 Å². The third kappa shape index (κ3) is 4.19. The van der Waals surface area contributed by atoms with Gasteiger partial charge in [0.2, 0.25) is 0 Å². The summed E-state index contributed by atoms with van der Waals surface area (Å²) in [5, 5.41) is 0.342. The fourth-order valence-electron chi connectivity index (χ4n) is 5.13. The Morgan fingerprint density at radius 1 is 0.857 bits per heavy atom. The van der Waals surface area contributed by atoms with Gasteiger partial charge in [0.05, 0.1) is 21.2 Å². The van der Waals surface area contributed by atoms with Crippen molar-refractivity contribution >= 4 is 42.8 Å². The molecule has 2 aliphatic rings. The fourth-order valence-corrected chi connectivity index (χ4v) is 7.49. The lowest BCUT2D eigenvalue weighted by molar-refractivity contribution is 0.355. The Morgan fingerprint density at radius 2 is 1.49 bits per heavy atom. The number of nitrogens with zero attached hydrogens (tertiary/aromatic N) is 2. The predicted molar refractivity (Wildman–Crippen MR) is 135 cm³/mol. The highest BCUT2D eigenvalue weighted by Crippen LogP contribution is 2.49. The van der Waals surface area contributed by atoms with Crippen molar-refractivity contribution in [3.05, 3.63) is 83.1 Å². The molecule has 0 saturated carbocycles. The molecule has 10 heteroatoms. The number of sulfonamides is 1. The molecule has 5 rings (SSSR count). The van der Waals surface area contributed by atoms with Crippen LogP contribution in [0.4, 0.5) is 15.8 Å². The molecule has 0 N–H and O–H groups in total. The average molecular weight is 535 g/mol. The number of para-hydroxylation sites is 1. The molecule has 2 heterocycles. The second-order valence-electron chi connectivity index (χ2n) is 9.14. The topological polar surface area (TPSA) is 74.8 Å². The molecule has 0 amide bonds. The van der Waals surface area contributed by atoms with Crippen LogP contribution in [0.5, 0.6) is 0 Å². The highest BCUT2D eigenvalue weighted by molar-refractivity contribution is 7.93. The fraction of sp³-hybridized carbons (Fsp3) is 0.280. The van der Waals surface area contributed by atoms with E-state index < -0.39 is 25.3 Å². The minimum Gasteiger partial charge on any atom is -0.369 e. The number of hydrogen-bond donors (Lipinski definition) is 0. The van der Waals surface area contributed by atoms with Crippen molar-refractivity contribution in [1.29, 1.82) is 0 Å².